The van der Waals surface area contributed by atoms with Gasteiger partial charge in [0.05, 0.1) is 18.9 Å². The van der Waals surface area contributed by atoms with Crippen molar-refractivity contribution >= 4 is 34.0 Å². The fourth-order valence-electron chi connectivity index (χ4n) is 3.19. The quantitative estimate of drug-likeness (QED) is 0.165. The van der Waals surface area contributed by atoms with E-state index in [1.165, 1.54) is 13.3 Å². The molecule has 0 aromatic heterocycles. The maximum Gasteiger partial charge on any atom is 0.343 e. The van der Waals surface area contributed by atoms with Gasteiger partial charge in [0.25, 0.3) is 5.91 Å². The van der Waals surface area contributed by atoms with E-state index in [0.717, 1.165) is 15.6 Å². The number of carbonyl (C=O) groups excluding carboxylic acids is 2. The third-order valence-electron chi connectivity index (χ3n) is 5.02. The second-order valence-corrected chi connectivity index (χ2v) is 9.00. The van der Waals surface area contributed by atoms with Gasteiger partial charge in [0, 0.05) is 4.47 Å². The molecule has 0 aliphatic heterocycles. The number of amides is 1. The number of ether oxygens (including phenoxy) is 3. The van der Waals surface area contributed by atoms with Crippen LogP contribution in [0.15, 0.2) is 70.2 Å². The van der Waals surface area contributed by atoms with Gasteiger partial charge in [0.15, 0.2) is 18.1 Å². The van der Waals surface area contributed by atoms with Crippen LogP contribution in [0.2, 0.25) is 0 Å². The third-order valence-corrected chi connectivity index (χ3v) is 5.55. The summed E-state index contributed by atoms with van der Waals surface area (Å²) in [6, 6.07) is 17.7. The number of aryl methyl sites for hydroxylation is 1. The summed E-state index contributed by atoms with van der Waals surface area (Å²) in [5, 5.41) is 3.98. The van der Waals surface area contributed by atoms with E-state index in [4.69, 9.17) is 14.2 Å². The molecule has 0 bridgehead atoms. The average Bonchev–Trinajstić information content (AvgIpc) is 2.83. The van der Waals surface area contributed by atoms with Gasteiger partial charge >= 0.3 is 5.97 Å². The Morgan fingerprint density at radius 3 is 2.43 bits per heavy atom. The van der Waals surface area contributed by atoms with Gasteiger partial charge in [-0.15, -0.1) is 0 Å². The zero-order valence-corrected chi connectivity index (χ0v) is 21.6. The molecule has 0 aliphatic rings. The summed E-state index contributed by atoms with van der Waals surface area (Å²) in [5.74, 6) is 0.711. The molecule has 0 unspecified atom stereocenters. The van der Waals surface area contributed by atoms with Crippen LogP contribution in [0.4, 0.5) is 0 Å². The zero-order chi connectivity index (χ0) is 25.4. The number of hydrazone groups is 1. The van der Waals surface area contributed by atoms with Crippen molar-refractivity contribution < 1.29 is 23.8 Å². The highest BCUT2D eigenvalue weighted by Gasteiger charge is 2.13. The van der Waals surface area contributed by atoms with E-state index in [9.17, 15) is 9.59 Å². The highest BCUT2D eigenvalue weighted by molar-refractivity contribution is 9.10. The van der Waals surface area contributed by atoms with Crippen LogP contribution in [0.25, 0.3) is 0 Å². The van der Waals surface area contributed by atoms with Gasteiger partial charge in [-0.2, -0.15) is 5.10 Å². The second kappa shape index (κ2) is 12.2. The zero-order valence-electron chi connectivity index (χ0n) is 20.0. The molecular formula is C27H27BrN2O5. The number of benzene rings is 3. The Bertz CT molecular complexity index is 1220. The van der Waals surface area contributed by atoms with Crippen LogP contribution in [-0.4, -0.2) is 31.8 Å². The van der Waals surface area contributed by atoms with Crippen molar-refractivity contribution in [2.45, 2.75) is 26.7 Å². The summed E-state index contributed by atoms with van der Waals surface area (Å²) in [5.41, 5.74) is 5.61. The van der Waals surface area contributed by atoms with E-state index in [0.29, 0.717) is 22.6 Å². The highest BCUT2D eigenvalue weighted by atomic mass is 79.9. The predicted molar refractivity (Wildman–Crippen MR) is 139 cm³/mol. The molecule has 0 atom stereocenters. The number of nitrogens with one attached hydrogen (secondary N) is 1. The second-order valence-electron chi connectivity index (χ2n) is 8.08. The molecule has 3 rings (SSSR count). The Morgan fingerprint density at radius 1 is 1.00 bits per heavy atom. The normalized spacial score (nSPS) is 10.9. The van der Waals surface area contributed by atoms with Gasteiger partial charge in [0.1, 0.15) is 5.75 Å². The van der Waals surface area contributed by atoms with E-state index in [2.05, 4.69) is 40.3 Å². The largest absolute Gasteiger partial charge is 0.493 e. The van der Waals surface area contributed by atoms with E-state index >= 15 is 0 Å². The van der Waals surface area contributed by atoms with Gasteiger partial charge in [-0.25, -0.2) is 10.2 Å². The molecule has 0 saturated heterocycles. The molecule has 7 nitrogen and oxygen atoms in total. The van der Waals surface area contributed by atoms with Gasteiger partial charge in [-0.3, -0.25) is 4.79 Å². The Morgan fingerprint density at radius 2 is 1.74 bits per heavy atom. The number of rotatable bonds is 9. The molecule has 0 heterocycles. The minimum Gasteiger partial charge on any atom is -0.493 e. The molecule has 0 radical (unpaired) electrons. The topological polar surface area (TPSA) is 86.2 Å². The Labute approximate surface area is 213 Å². The Balaban J connectivity index is 1.58. The lowest BCUT2D eigenvalue weighted by atomic mass is 10.0. The van der Waals surface area contributed by atoms with Crippen molar-refractivity contribution in [1.29, 1.82) is 0 Å². The number of halogens is 1. The van der Waals surface area contributed by atoms with Crippen molar-refractivity contribution in [2.75, 3.05) is 13.7 Å². The van der Waals surface area contributed by atoms with E-state index < -0.39 is 5.97 Å². The van der Waals surface area contributed by atoms with Crippen LogP contribution in [-0.2, 0) is 4.79 Å². The lowest BCUT2D eigenvalue weighted by Crippen LogP contribution is -2.25. The first-order valence-corrected chi connectivity index (χ1v) is 11.8. The summed E-state index contributed by atoms with van der Waals surface area (Å²) in [6.45, 7) is 5.96. The minimum absolute atomic E-state index is 0.158. The number of hydrogen-bond donors (Lipinski definition) is 1. The fourth-order valence-corrected chi connectivity index (χ4v) is 3.46. The predicted octanol–water partition coefficient (Wildman–Crippen LogP) is 5.64. The minimum atomic E-state index is -0.501. The molecule has 3 aromatic rings. The lowest BCUT2D eigenvalue weighted by Gasteiger charge is -2.14. The van der Waals surface area contributed by atoms with Crippen LogP contribution in [0.3, 0.4) is 0 Å². The molecule has 0 aliphatic carbocycles. The Hall–Kier alpha value is -3.65. The summed E-state index contributed by atoms with van der Waals surface area (Å²) < 4.78 is 17.4. The van der Waals surface area contributed by atoms with Crippen molar-refractivity contribution in [3.8, 4) is 17.2 Å². The average molecular weight is 539 g/mol. The molecular weight excluding hydrogens is 512 g/mol. The number of esters is 1. The van der Waals surface area contributed by atoms with Crippen molar-refractivity contribution in [2.24, 2.45) is 5.10 Å². The van der Waals surface area contributed by atoms with Gasteiger partial charge in [-0.05, 0) is 78.1 Å². The molecule has 182 valence electrons. The van der Waals surface area contributed by atoms with Crippen molar-refractivity contribution in [3.63, 3.8) is 0 Å². The molecule has 3 aromatic carbocycles. The van der Waals surface area contributed by atoms with E-state index in [1.807, 2.05) is 25.1 Å². The molecule has 8 heteroatoms. The maximum atomic E-state index is 12.4. The lowest BCUT2D eigenvalue weighted by molar-refractivity contribution is -0.123. The summed E-state index contributed by atoms with van der Waals surface area (Å²) in [4.78, 5) is 24.6. The van der Waals surface area contributed by atoms with Gasteiger partial charge < -0.3 is 14.2 Å². The maximum absolute atomic E-state index is 12.4. The SMILES string of the molecule is COc1cc(C=NNC(=O)COc2cc(C)ccc2C(C)C)ccc1OC(=O)c1ccc(Br)cc1. The van der Waals surface area contributed by atoms with E-state index in [-0.39, 0.29) is 24.2 Å². The molecule has 35 heavy (non-hydrogen) atoms. The van der Waals surface area contributed by atoms with E-state index in [1.54, 1.807) is 42.5 Å². The summed E-state index contributed by atoms with van der Waals surface area (Å²) in [6.07, 6.45) is 1.47. The monoisotopic (exact) mass is 538 g/mol. The number of nitrogens with zero attached hydrogens (tertiary/aromatic N) is 1. The van der Waals surface area contributed by atoms with Crippen LogP contribution >= 0.6 is 15.9 Å². The van der Waals surface area contributed by atoms with Crippen LogP contribution in [0.1, 0.15) is 46.8 Å². The van der Waals surface area contributed by atoms with Gasteiger partial charge in [-0.1, -0.05) is 41.9 Å². The number of hydrogen-bond acceptors (Lipinski definition) is 6. The van der Waals surface area contributed by atoms with Crippen LogP contribution < -0.4 is 19.6 Å². The fraction of sp³-hybridized carbons (Fsp3) is 0.222. The summed E-state index contributed by atoms with van der Waals surface area (Å²) in [7, 11) is 1.48. The standard InChI is InChI=1S/C27H27BrN2O5/c1-17(2)22-11-5-18(3)13-24(22)34-16-26(31)30-29-15-19-6-12-23(25(14-19)33-4)35-27(32)20-7-9-21(28)10-8-20/h5-15,17H,16H2,1-4H3,(H,30,31). The Kier molecular flexibility index (Phi) is 9.03. The first-order valence-electron chi connectivity index (χ1n) is 11.0. The number of carbonyl (C=O) groups is 2. The summed E-state index contributed by atoms with van der Waals surface area (Å²) >= 11 is 3.33. The van der Waals surface area contributed by atoms with Crippen molar-refractivity contribution in [1.82, 2.24) is 5.43 Å². The third kappa shape index (κ3) is 7.42. The van der Waals surface area contributed by atoms with Crippen LogP contribution in [0.5, 0.6) is 17.2 Å². The van der Waals surface area contributed by atoms with Crippen molar-refractivity contribution in [3.05, 3.63) is 87.4 Å². The molecule has 0 saturated carbocycles. The smallest absolute Gasteiger partial charge is 0.343 e. The first-order chi connectivity index (χ1) is 16.8. The molecule has 1 N–H and O–H groups in total. The van der Waals surface area contributed by atoms with Gasteiger partial charge in [0.2, 0.25) is 0 Å². The first kappa shape index (κ1) is 26.0. The molecule has 1 amide bonds. The molecule has 0 spiro atoms. The number of methoxy groups -OCH3 is 1. The highest BCUT2D eigenvalue weighted by Crippen LogP contribution is 2.29. The van der Waals surface area contributed by atoms with Crippen LogP contribution in [0, 0.1) is 6.92 Å². The molecule has 0 fully saturated rings.